The lowest BCUT2D eigenvalue weighted by molar-refractivity contribution is 0.196. The van der Waals surface area contributed by atoms with Crippen LogP contribution in [0.5, 0.6) is 0 Å². The first-order valence-corrected chi connectivity index (χ1v) is 6.02. The first-order chi connectivity index (χ1) is 8.79. The van der Waals surface area contributed by atoms with Crippen LogP contribution >= 0.6 is 0 Å². The van der Waals surface area contributed by atoms with Crippen LogP contribution in [0, 0.1) is 0 Å². The molecule has 0 bridgehead atoms. The molecule has 1 unspecified atom stereocenters. The Kier molecular flexibility index (Phi) is 2.68. The molecule has 5 nitrogen and oxygen atoms in total. The van der Waals surface area contributed by atoms with Crippen LogP contribution < -0.4 is 5.32 Å². The van der Waals surface area contributed by atoms with Crippen molar-refractivity contribution in [3.8, 4) is 0 Å². The first-order valence-electron chi connectivity index (χ1n) is 6.02. The van der Waals surface area contributed by atoms with Crippen molar-refractivity contribution in [2.75, 3.05) is 19.7 Å². The number of carbonyl (C=O) groups excluding carboxylic acids is 1. The molecule has 18 heavy (non-hydrogen) atoms. The number of hydrogen-bond donors (Lipinski definition) is 3. The number of amides is 2. The lowest BCUT2D eigenvalue weighted by atomic mass is 10.1. The summed E-state index contributed by atoms with van der Waals surface area (Å²) in [6, 6.07) is 7.90. The van der Waals surface area contributed by atoms with Gasteiger partial charge in [0, 0.05) is 35.8 Å². The molecule has 1 aromatic carbocycles. The van der Waals surface area contributed by atoms with Crippen LogP contribution in [0.25, 0.3) is 10.9 Å². The average Bonchev–Trinajstić information content (AvgIpc) is 2.94. The van der Waals surface area contributed by atoms with E-state index in [1.807, 2.05) is 30.5 Å². The largest absolute Gasteiger partial charge is 0.395 e. The lowest BCUT2D eigenvalue weighted by Gasteiger charge is -2.12. The number of aliphatic hydroxyl groups excluding tert-OH is 1. The van der Waals surface area contributed by atoms with Gasteiger partial charge in [0.2, 0.25) is 0 Å². The van der Waals surface area contributed by atoms with Gasteiger partial charge in [0.1, 0.15) is 0 Å². The first kappa shape index (κ1) is 11.1. The van der Waals surface area contributed by atoms with Gasteiger partial charge in [-0.3, -0.25) is 0 Å². The minimum Gasteiger partial charge on any atom is -0.395 e. The standard InChI is InChI=1S/C13H15N3O2/c17-6-5-16-8-12(15-13(16)18)10-7-14-11-4-2-1-3-9(10)11/h1-4,7,12,14,17H,5-6,8H2,(H,15,18). The smallest absolute Gasteiger partial charge is 0.318 e. The second kappa shape index (κ2) is 4.34. The van der Waals surface area contributed by atoms with Crippen LogP contribution in [0.4, 0.5) is 4.79 Å². The number of benzene rings is 1. The number of hydrogen-bond acceptors (Lipinski definition) is 2. The van der Waals surface area contributed by atoms with Crippen LogP contribution in [0.3, 0.4) is 0 Å². The Morgan fingerprint density at radius 2 is 2.22 bits per heavy atom. The van der Waals surface area contributed by atoms with Gasteiger partial charge in [-0.1, -0.05) is 18.2 Å². The number of para-hydroxylation sites is 1. The molecule has 0 spiro atoms. The number of β-amino-alcohol motifs (C(OH)–C–C–N with tert-alkyl or cyclic N) is 1. The molecule has 0 radical (unpaired) electrons. The van der Waals surface area contributed by atoms with Crippen molar-refractivity contribution in [1.82, 2.24) is 15.2 Å². The van der Waals surface area contributed by atoms with Gasteiger partial charge in [0.15, 0.2) is 0 Å². The second-order valence-electron chi connectivity index (χ2n) is 4.46. The number of H-pyrrole nitrogens is 1. The highest BCUT2D eigenvalue weighted by Crippen LogP contribution is 2.27. The van der Waals surface area contributed by atoms with Gasteiger partial charge in [0.05, 0.1) is 12.6 Å². The van der Waals surface area contributed by atoms with Gasteiger partial charge < -0.3 is 20.3 Å². The molecule has 1 fully saturated rings. The SMILES string of the molecule is O=C1NC(c2c[nH]c3ccccc23)CN1CCO. The van der Waals surface area contributed by atoms with Crippen molar-refractivity contribution < 1.29 is 9.90 Å². The molecular weight excluding hydrogens is 230 g/mol. The van der Waals surface area contributed by atoms with Crippen LogP contribution in [0.1, 0.15) is 11.6 Å². The van der Waals surface area contributed by atoms with Gasteiger partial charge in [-0.25, -0.2) is 4.79 Å². The summed E-state index contributed by atoms with van der Waals surface area (Å²) < 4.78 is 0. The third kappa shape index (κ3) is 1.73. The number of nitrogens with one attached hydrogen (secondary N) is 2. The summed E-state index contributed by atoms with van der Waals surface area (Å²) in [5.41, 5.74) is 2.17. The fourth-order valence-corrected chi connectivity index (χ4v) is 2.46. The van der Waals surface area contributed by atoms with Crippen molar-refractivity contribution >= 4 is 16.9 Å². The van der Waals surface area contributed by atoms with E-state index < -0.39 is 0 Å². The Morgan fingerprint density at radius 3 is 3.06 bits per heavy atom. The summed E-state index contributed by atoms with van der Waals surface area (Å²) in [7, 11) is 0. The van der Waals surface area contributed by atoms with E-state index >= 15 is 0 Å². The van der Waals surface area contributed by atoms with Crippen LogP contribution in [-0.4, -0.2) is 40.7 Å². The van der Waals surface area contributed by atoms with Crippen LogP contribution in [0.15, 0.2) is 30.5 Å². The van der Waals surface area contributed by atoms with Crippen molar-refractivity contribution in [2.45, 2.75) is 6.04 Å². The van der Waals surface area contributed by atoms with Gasteiger partial charge in [-0.15, -0.1) is 0 Å². The average molecular weight is 245 g/mol. The van der Waals surface area contributed by atoms with Crippen molar-refractivity contribution in [3.05, 3.63) is 36.0 Å². The zero-order valence-corrected chi connectivity index (χ0v) is 9.89. The third-order valence-corrected chi connectivity index (χ3v) is 3.35. The fourth-order valence-electron chi connectivity index (χ4n) is 2.46. The monoisotopic (exact) mass is 245 g/mol. The molecule has 2 amide bonds. The molecular formula is C13H15N3O2. The zero-order valence-electron chi connectivity index (χ0n) is 9.89. The number of fused-ring (bicyclic) bond motifs is 1. The van der Waals surface area contributed by atoms with E-state index in [-0.39, 0.29) is 18.7 Å². The molecule has 1 aliphatic heterocycles. The van der Waals surface area contributed by atoms with Gasteiger partial charge in [0.25, 0.3) is 0 Å². The molecule has 3 rings (SSSR count). The third-order valence-electron chi connectivity index (χ3n) is 3.35. The number of aliphatic hydroxyl groups is 1. The molecule has 1 aromatic heterocycles. The molecule has 0 saturated carbocycles. The minimum absolute atomic E-state index is 0.00593. The molecule has 3 N–H and O–H groups in total. The summed E-state index contributed by atoms with van der Waals surface area (Å²) in [5, 5.41) is 13.0. The molecule has 5 heteroatoms. The molecule has 1 aliphatic rings. The second-order valence-corrected chi connectivity index (χ2v) is 4.46. The normalized spacial score (nSPS) is 19.5. The summed E-state index contributed by atoms with van der Waals surface area (Å²) in [6.45, 7) is 0.972. The number of urea groups is 1. The highest BCUT2D eigenvalue weighted by molar-refractivity contribution is 5.85. The summed E-state index contributed by atoms with van der Waals surface area (Å²) >= 11 is 0. The van der Waals surface area contributed by atoms with E-state index in [2.05, 4.69) is 10.3 Å². The molecule has 94 valence electrons. The fraction of sp³-hybridized carbons (Fsp3) is 0.308. The predicted molar refractivity (Wildman–Crippen MR) is 68.2 cm³/mol. The number of rotatable bonds is 3. The van der Waals surface area contributed by atoms with Crippen molar-refractivity contribution in [3.63, 3.8) is 0 Å². The highest BCUT2D eigenvalue weighted by atomic mass is 16.3. The number of nitrogens with zero attached hydrogens (tertiary/aromatic N) is 1. The maximum absolute atomic E-state index is 11.7. The van der Waals surface area contributed by atoms with Gasteiger partial charge >= 0.3 is 6.03 Å². The molecule has 1 atom stereocenters. The Labute approximate surface area is 104 Å². The van der Waals surface area contributed by atoms with E-state index in [9.17, 15) is 4.79 Å². The number of carbonyl (C=O) groups is 1. The summed E-state index contributed by atoms with van der Waals surface area (Å²) in [5.74, 6) is 0. The van der Waals surface area contributed by atoms with E-state index in [1.54, 1.807) is 4.90 Å². The summed E-state index contributed by atoms with van der Waals surface area (Å²) in [6.07, 6.45) is 1.94. The Balaban J connectivity index is 1.90. The minimum atomic E-state index is -0.112. The topological polar surface area (TPSA) is 68.4 Å². The highest BCUT2D eigenvalue weighted by Gasteiger charge is 2.30. The van der Waals surface area contributed by atoms with Crippen molar-refractivity contribution in [2.24, 2.45) is 0 Å². The predicted octanol–water partition coefficient (Wildman–Crippen LogP) is 1.23. The van der Waals surface area contributed by atoms with Gasteiger partial charge in [-0.2, -0.15) is 0 Å². The Bertz CT molecular complexity index is 578. The van der Waals surface area contributed by atoms with E-state index in [0.717, 1.165) is 16.5 Å². The number of aromatic nitrogens is 1. The molecule has 2 aromatic rings. The van der Waals surface area contributed by atoms with Crippen molar-refractivity contribution in [1.29, 1.82) is 0 Å². The van der Waals surface area contributed by atoms with Crippen LogP contribution in [0.2, 0.25) is 0 Å². The lowest BCUT2D eigenvalue weighted by Crippen LogP contribution is -2.30. The van der Waals surface area contributed by atoms with E-state index in [0.29, 0.717) is 13.1 Å². The summed E-state index contributed by atoms with van der Waals surface area (Å²) in [4.78, 5) is 16.5. The number of aromatic amines is 1. The van der Waals surface area contributed by atoms with E-state index in [1.165, 1.54) is 0 Å². The van der Waals surface area contributed by atoms with E-state index in [4.69, 9.17) is 5.11 Å². The van der Waals surface area contributed by atoms with Crippen LogP contribution in [-0.2, 0) is 0 Å². The molecule has 1 saturated heterocycles. The zero-order chi connectivity index (χ0) is 12.5. The quantitative estimate of drug-likeness (QED) is 0.761. The van der Waals surface area contributed by atoms with Gasteiger partial charge in [-0.05, 0) is 6.07 Å². The maximum Gasteiger partial charge on any atom is 0.318 e. The Hall–Kier alpha value is -2.01. The Morgan fingerprint density at radius 1 is 1.39 bits per heavy atom. The molecule has 2 heterocycles. The maximum atomic E-state index is 11.7. The molecule has 0 aliphatic carbocycles.